The standard InChI is InChI=1S/C26H29ClN4O3S/c1-26(15-34-14-23(26)32)31-6-4-30(5-7-31)21-10-16-11-24(28-13-17(16)9-20(21)27)29-25(33)19-12-18(19)22-3-2-8-35-22/h2-3,8-11,13,18-19,23,32H,4-7,12,14-15H2,1H3,(H,28,29,33)/t18-,19-,23+,26-/m1/s1. The number of nitrogens with one attached hydrogen (secondary N) is 1. The second-order valence-corrected chi connectivity index (χ2v) is 11.4. The molecular weight excluding hydrogens is 484 g/mol. The highest BCUT2D eigenvalue weighted by molar-refractivity contribution is 7.10. The van der Waals surface area contributed by atoms with Crippen LogP contribution < -0.4 is 10.2 Å². The molecule has 1 aromatic carbocycles. The van der Waals surface area contributed by atoms with E-state index in [1.165, 1.54) is 4.88 Å². The van der Waals surface area contributed by atoms with Crippen molar-refractivity contribution < 1.29 is 14.6 Å². The predicted molar refractivity (Wildman–Crippen MR) is 140 cm³/mol. The number of hydrogen-bond donors (Lipinski definition) is 2. The maximum atomic E-state index is 12.8. The quantitative estimate of drug-likeness (QED) is 0.539. The Morgan fingerprint density at radius 3 is 2.80 bits per heavy atom. The van der Waals surface area contributed by atoms with Crippen molar-refractivity contribution in [3.05, 3.63) is 51.8 Å². The summed E-state index contributed by atoms with van der Waals surface area (Å²) in [5, 5.41) is 18.1. The first-order valence-corrected chi connectivity index (χ1v) is 13.4. The van der Waals surface area contributed by atoms with Crippen molar-refractivity contribution in [1.82, 2.24) is 9.88 Å². The summed E-state index contributed by atoms with van der Waals surface area (Å²) in [6.07, 6.45) is 2.20. The molecule has 1 amide bonds. The van der Waals surface area contributed by atoms with E-state index in [1.54, 1.807) is 17.5 Å². The van der Waals surface area contributed by atoms with Crippen LogP contribution in [-0.2, 0) is 9.53 Å². The molecule has 1 aliphatic carbocycles. The molecule has 4 atom stereocenters. The molecule has 1 saturated carbocycles. The van der Waals surface area contributed by atoms with E-state index in [9.17, 15) is 9.90 Å². The number of pyridine rings is 1. The van der Waals surface area contributed by atoms with Gasteiger partial charge >= 0.3 is 0 Å². The number of aromatic nitrogens is 1. The van der Waals surface area contributed by atoms with Crippen molar-refractivity contribution in [3.63, 3.8) is 0 Å². The minimum absolute atomic E-state index is 0.0221. The summed E-state index contributed by atoms with van der Waals surface area (Å²) in [5.41, 5.74) is 0.651. The van der Waals surface area contributed by atoms with E-state index < -0.39 is 6.10 Å². The van der Waals surface area contributed by atoms with Crippen LogP contribution in [-0.4, -0.2) is 71.9 Å². The maximum absolute atomic E-state index is 12.8. The fourth-order valence-electron chi connectivity index (χ4n) is 5.40. The van der Waals surface area contributed by atoms with Crippen LogP contribution in [0.3, 0.4) is 0 Å². The monoisotopic (exact) mass is 512 g/mol. The smallest absolute Gasteiger partial charge is 0.229 e. The van der Waals surface area contributed by atoms with Gasteiger partial charge in [0.15, 0.2) is 0 Å². The summed E-state index contributed by atoms with van der Waals surface area (Å²) >= 11 is 8.39. The molecule has 3 aromatic rings. The van der Waals surface area contributed by atoms with Crippen LogP contribution >= 0.6 is 22.9 Å². The minimum atomic E-state index is -0.462. The summed E-state index contributed by atoms with van der Waals surface area (Å²) < 4.78 is 5.52. The number of aliphatic hydroxyl groups excluding tert-OH is 1. The zero-order valence-electron chi connectivity index (χ0n) is 19.6. The Morgan fingerprint density at radius 1 is 1.26 bits per heavy atom. The second-order valence-electron chi connectivity index (χ2n) is 10.0. The van der Waals surface area contributed by atoms with Gasteiger partial charge in [-0.1, -0.05) is 17.7 Å². The molecule has 4 heterocycles. The molecule has 0 unspecified atom stereocenters. The lowest BCUT2D eigenvalue weighted by Gasteiger charge is -2.45. The van der Waals surface area contributed by atoms with Crippen molar-refractivity contribution in [3.8, 4) is 0 Å². The largest absolute Gasteiger partial charge is 0.389 e. The zero-order chi connectivity index (χ0) is 24.2. The first-order valence-electron chi connectivity index (χ1n) is 12.1. The molecular formula is C26H29ClN4O3S. The number of halogens is 1. The average Bonchev–Trinajstić information content (AvgIpc) is 3.32. The molecule has 2 aromatic heterocycles. The number of rotatable bonds is 5. The normalized spacial score (nSPS) is 29.0. The lowest BCUT2D eigenvalue weighted by Crippen LogP contribution is -2.60. The van der Waals surface area contributed by atoms with Crippen molar-refractivity contribution in [2.45, 2.75) is 30.9 Å². The fraction of sp³-hybridized carbons (Fsp3) is 0.462. The van der Waals surface area contributed by atoms with Crippen molar-refractivity contribution in [1.29, 1.82) is 0 Å². The SMILES string of the molecule is C[C@@]1(N2CCN(c3cc4cc(NC(=O)[C@@H]5C[C@H]5c5cccs5)ncc4cc3Cl)CC2)COC[C@@H]1O. The van der Waals surface area contributed by atoms with Gasteiger partial charge in [-0.05, 0) is 48.4 Å². The maximum Gasteiger partial charge on any atom is 0.229 e. The molecule has 184 valence electrons. The number of anilines is 2. The Labute approximate surface area is 213 Å². The average molecular weight is 513 g/mol. The van der Waals surface area contributed by atoms with E-state index in [0.29, 0.717) is 30.0 Å². The number of ether oxygens (including phenoxy) is 1. The van der Waals surface area contributed by atoms with Crippen LogP contribution in [0.5, 0.6) is 0 Å². The molecule has 3 aliphatic rings. The molecule has 0 bridgehead atoms. The molecule has 0 spiro atoms. The highest BCUT2D eigenvalue weighted by Gasteiger charge is 2.45. The Bertz CT molecular complexity index is 1250. The van der Waals surface area contributed by atoms with Crippen LogP contribution in [0.1, 0.15) is 24.1 Å². The first-order chi connectivity index (χ1) is 16.9. The molecule has 0 radical (unpaired) electrons. The number of carbonyl (C=O) groups excluding carboxylic acids is 1. The van der Waals surface area contributed by atoms with Gasteiger partial charge in [-0.15, -0.1) is 11.3 Å². The van der Waals surface area contributed by atoms with Crippen LogP contribution in [0.2, 0.25) is 5.02 Å². The van der Waals surface area contributed by atoms with Gasteiger partial charge < -0.3 is 20.1 Å². The molecule has 2 saturated heterocycles. The zero-order valence-corrected chi connectivity index (χ0v) is 21.2. The van der Waals surface area contributed by atoms with Crippen molar-refractivity contribution >= 4 is 51.1 Å². The van der Waals surface area contributed by atoms with Crippen LogP contribution in [0, 0.1) is 5.92 Å². The van der Waals surface area contributed by atoms with E-state index in [2.05, 4.69) is 44.5 Å². The van der Waals surface area contributed by atoms with Gasteiger partial charge in [0, 0.05) is 54.5 Å². The van der Waals surface area contributed by atoms with Crippen molar-refractivity contribution in [2.75, 3.05) is 49.6 Å². The van der Waals surface area contributed by atoms with Gasteiger partial charge in [0.05, 0.1) is 35.6 Å². The Balaban J connectivity index is 1.15. The number of hydrogen-bond acceptors (Lipinski definition) is 7. The number of thiophene rings is 1. The van der Waals surface area contributed by atoms with Crippen LogP contribution in [0.4, 0.5) is 11.5 Å². The minimum Gasteiger partial charge on any atom is -0.389 e. The summed E-state index contributed by atoms with van der Waals surface area (Å²) in [6, 6.07) is 10.1. The molecule has 2 aliphatic heterocycles. The summed E-state index contributed by atoms with van der Waals surface area (Å²) in [7, 11) is 0. The summed E-state index contributed by atoms with van der Waals surface area (Å²) in [5.74, 6) is 0.959. The van der Waals surface area contributed by atoms with Gasteiger partial charge in [0.1, 0.15) is 5.82 Å². The van der Waals surface area contributed by atoms with E-state index in [-0.39, 0.29) is 17.4 Å². The first kappa shape index (κ1) is 23.2. The van der Waals surface area contributed by atoms with E-state index in [4.69, 9.17) is 16.3 Å². The van der Waals surface area contributed by atoms with Gasteiger partial charge in [-0.3, -0.25) is 9.69 Å². The van der Waals surface area contributed by atoms with Gasteiger partial charge in [-0.2, -0.15) is 0 Å². The van der Waals surface area contributed by atoms with Crippen LogP contribution in [0.25, 0.3) is 10.8 Å². The summed E-state index contributed by atoms with van der Waals surface area (Å²) in [4.78, 5) is 23.1. The lowest BCUT2D eigenvalue weighted by molar-refractivity contribution is -0.117. The molecule has 3 fully saturated rings. The Kier molecular flexibility index (Phi) is 5.97. The fourth-order valence-corrected chi connectivity index (χ4v) is 6.60. The van der Waals surface area contributed by atoms with E-state index >= 15 is 0 Å². The number of amides is 1. The number of nitrogens with zero attached hydrogens (tertiary/aromatic N) is 3. The number of fused-ring (bicyclic) bond motifs is 1. The topological polar surface area (TPSA) is 77.9 Å². The Morgan fingerprint density at radius 2 is 2.09 bits per heavy atom. The third-order valence-electron chi connectivity index (χ3n) is 7.81. The van der Waals surface area contributed by atoms with E-state index in [1.807, 2.05) is 18.2 Å². The second kappa shape index (κ2) is 9.01. The number of carbonyl (C=O) groups is 1. The van der Waals surface area contributed by atoms with Crippen LogP contribution in [0.15, 0.2) is 41.9 Å². The third-order valence-corrected chi connectivity index (χ3v) is 9.11. The van der Waals surface area contributed by atoms with Crippen molar-refractivity contribution in [2.24, 2.45) is 5.92 Å². The third kappa shape index (κ3) is 4.32. The molecule has 7 nitrogen and oxygen atoms in total. The highest BCUT2D eigenvalue weighted by Crippen LogP contribution is 2.49. The van der Waals surface area contributed by atoms with E-state index in [0.717, 1.165) is 49.1 Å². The van der Waals surface area contributed by atoms with Gasteiger partial charge in [0.25, 0.3) is 0 Å². The van der Waals surface area contributed by atoms with Gasteiger partial charge in [-0.25, -0.2) is 4.98 Å². The molecule has 35 heavy (non-hydrogen) atoms. The molecule has 9 heteroatoms. The number of aliphatic hydroxyl groups is 1. The van der Waals surface area contributed by atoms with Gasteiger partial charge in [0.2, 0.25) is 5.91 Å². The lowest BCUT2D eigenvalue weighted by atomic mass is 9.95. The molecule has 2 N–H and O–H groups in total. The summed E-state index contributed by atoms with van der Waals surface area (Å²) in [6.45, 7) is 6.32. The Hall–Kier alpha value is -2.23. The number of benzene rings is 1. The number of piperazine rings is 1. The highest BCUT2D eigenvalue weighted by atomic mass is 35.5. The molecule has 6 rings (SSSR count). The predicted octanol–water partition coefficient (Wildman–Crippen LogP) is 3.96.